The molecule has 1 aromatic carbocycles. The number of pyridine rings is 2. The molecule has 1 aliphatic heterocycles. The Morgan fingerprint density at radius 2 is 1.79 bits per heavy atom. The van der Waals surface area contributed by atoms with Crippen LogP contribution in [-0.2, 0) is 6.54 Å². The van der Waals surface area contributed by atoms with Crippen LogP contribution in [0.4, 0.5) is 4.39 Å². The van der Waals surface area contributed by atoms with Gasteiger partial charge in [-0.2, -0.15) is 0 Å². The van der Waals surface area contributed by atoms with E-state index in [1.165, 1.54) is 37.0 Å². The summed E-state index contributed by atoms with van der Waals surface area (Å²) in [5.74, 6) is 0.0352. The molecule has 1 saturated heterocycles. The molecule has 0 unspecified atom stereocenters. The number of piperidine rings is 1. The molecule has 3 N–H and O–H groups in total. The van der Waals surface area contributed by atoms with Gasteiger partial charge in [-0.1, -0.05) is 12.5 Å². The van der Waals surface area contributed by atoms with Crippen LogP contribution in [0.3, 0.4) is 0 Å². The second-order valence-corrected chi connectivity index (χ2v) is 11.4. The first-order valence-electron chi connectivity index (χ1n) is 14.1. The van der Waals surface area contributed by atoms with Crippen molar-refractivity contribution >= 4 is 16.8 Å². The van der Waals surface area contributed by atoms with Gasteiger partial charge < -0.3 is 10.7 Å². The lowest BCUT2D eigenvalue weighted by Gasteiger charge is -2.25. The number of hydrogen-bond donors (Lipinski definition) is 2. The molecule has 2 saturated carbocycles. The van der Waals surface area contributed by atoms with Gasteiger partial charge in [0.15, 0.2) is 0 Å². The quantitative estimate of drug-likeness (QED) is 0.340. The lowest BCUT2D eigenvalue weighted by molar-refractivity contribution is 0.100. The first-order chi connectivity index (χ1) is 18.9. The molecule has 4 heterocycles. The zero-order valence-corrected chi connectivity index (χ0v) is 21.9. The van der Waals surface area contributed by atoms with Gasteiger partial charge in [-0.15, -0.1) is 0 Å². The summed E-state index contributed by atoms with van der Waals surface area (Å²) in [6.07, 6.45) is 9.96. The number of hydrogen-bond acceptors (Lipinski definition) is 4. The van der Waals surface area contributed by atoms with Crippen molar-refractivity contribution in [1.29, 1.82) is 0 Å². The first kappa shape index (κ1) is 24.3. The SMILES string of the molecule is NC(=O)c1cc(F)ccc1-c1cc(C2CC2)nc(-n2cc(C3CC3)c3cc(CN4CCCCC4)[nH]c3c2=O)c1. The zero-order chi connectivity index (χ0) is 26.7. The number of carbonyl (C=O) groups excluding carboxylic acids is 1. The number of amides is 1. The summed E-state index contributed by atoms with van der Waals surface area (Å²) < 4.78 is 15.6. The van der Waals surface area contributed by atoms with Gasteiger partial charge in [0.05, 0.1) is 0 Å². The molecule has 3 aliphatic rings. The lowest BCUT2D eigenvalue weighted by Crippen LogP contribution is -2.29. The van der Waals surface area contributed by atoms with Gasteiger partial charge in [0.25, 0.3) is 5.56 Å². The monoisotopic (exact) mass is 525 g/mol. The third-order valence-corrected chi connectivity index (χ3v) is 8.38. The van der Waals surface area contributed by atoms with Crippen LogP contribution < -0.4 is 11.3 Å². The molecule has 8 heteroatoms. The second-order valence-electron chi connectivity index (χ2n) is 11.4. The van der Waals surface area contributed by atoms with Gasteiger partial charge in [-0.25, -0.2) is 9.37 Å². The Kier molecular flexibility index (Phi) is 5.88. The Morgan fingerprint density at radius 3 is 2.51 bits per heavy atom. The predicted octanol–water partition coefficient (Wildman–Crippen LogP) is 5.36. The Balaban J connectivity index is 1.37. The largest absolute Gasteiger partial charge is 0.366 e. The number of nitrogens with two attached hydrogens (primary N) is 1. The fourth-order valence-corrected chi connectivity index (χ4v) is 6.00. The molecule has 39 heavy (non-hydrogen) atoms. The molecule has 3 fully saturated rings. The molecule has 0 atom stereocenters. The number of fused-ring (bicyclic) bond motifs is 1. The standard InChI is InChI=1S/C31H32FN5O2/c32-21-8-9-23(25(14-21)30(33)38)20-12-27(19-6-7-19)35-28(13-20)37-17-26(18-4-5-18)24-15-22(34-29(24)31(37)39)16-36-10-2-1-3-11-36/h8-9,12-15,17-19,34H,1-7,10-11,16H2,(H2,33,38). The van der Waals surface area contributed by atoms with E-state index in [9.17, 15) is 14.0 Å². The van der Waals surface area contributed by atoms with Crippen LogP contribution in [-0.4, -0.2) is 38.4 Å². The Labute approximate surface area is 225 Å². The van der Waals surface area contributed by atoms with Crippen molar-refractivity contribution in [2.45, 2.75) is 63.3 Å². The molecule has 4 aromatic rings. The maximum atomic E-state index is 14.0. The molecule has 7 rings (SSSR count). The molecule has 0 bridgehead atoms. The molecule has 1 amide bonds. The van der Waals surface area contributed by atoms with Gasteiger partial charge in [0.2, 0.25) is 5.91 Å². The van der Waals surface area contributed by atoms with E-state index >= 15 is 0 Å². The Bertz CT molecular complexity index is 1660. The van der Waals surface area contributed by atoms with Crippen molar-refractivity contribution in [1.82, 2.24) is 19.4 Å². The summed E-state index contributed by atoms with van der Waals surface area (Å²) in [4.78, 5) is 37.0. The van der Waals surface area contributed by atoms with E-state index in [1.807, 2.05) is 18.3 Å². The minimum Gasteiger partial charge on any atom is -0.366 e. The van der Waals surface area contributed by atoms with E-state index in [0.717, 1.165) is 62.1 Å². The highest BCUT2D eigenvalue weighted by molar-refractivity contribution is 6.00. The smallest absolute Gasteiger partial charge is 0.280 e. The number of benzene rings is 1. The van der Waals surface area contributed by atoms with Gasteiger partial charge in [-0.3, -0.25) is 19.1 Å². The van der Waals surface area contributed by atoms with Crippen molar-refractivity contribution in [2.24, 2.45) is 5.73 Å². The molecule has 2 aliphatic carbocycles. The van der Waals surface area contributed by atoms with E-state index in [2.05, 4.69) is 16.0 Å². The van der Waals surface area contributed by atoms with Gasteiger partial charge in [0.1, 0.15) is 17.2 Å². The van der Waals surface area contributed by atoms with Crippen LogP contribution >= 0.6 is 0 Å². The van der Waals surface area contributed by atoms with E-state index in [-0.39, 0.29) is 11.1 Å². The summed E-state index contributed by atoms with van der Waals surface area (Å²) in [7, 11) is 0. The number of rotatable bonds is 7. The van der Waals surface area contributed by atoms with Gasteiger partial charge >= 0.3 is 0 Å². The summed E-state index contributed by atoms with van der Waals surface area (Å²) in [6.45, 7) is 3.00. The fourth-order valence-electron chi connectivity index (χ4n) is 6.00. The van der Waals surface area contributed by atoms with Gasteiger partial charge in [-0.05, 0) is 105 Å². The van der Waals surface area contributed by atoms with E-state index < -0.39 is 11.7 Å². The summed E-state index contributed by atoms with van der Waals surface area (Å²) in [6, 6.07) is 9.99. The van der Waals surface area contributed by atoms with E-state index in [4.69, 9.17) is 10.7 Å². The van der Waals surface area contributed by atoms with Crippen molar-refractivity contribution in [3.8, 4) is 16.9 Å². The molecule has 3 aromatic heterocycles. The molecule has 0 spiro atoms. The topological polar surface area (TPSA) is 97.0 Å². The number of H-pyrrole nitrogens is 1. The maximum Gasteiger partial charge on any atom is 0.280 e. The number of halogens is 1. The van der Waals surface area contributed by atoms with Crippen LogP contribution in [0.15, 0.2) is 47.4 Å². The summed E-state index contributed by atoms with van der Waals surface area (Å²) in [5, 5.41) is 1.01. The molecule has 0 radical (unpaired) electrons. The van der Waals surface area contributed by atoms with Crippen molar-refractivity contribution in [2.75, 3.05) is 13.1 Å². The number of primary amides is 1. The predicted molar refractivity (Wildman–Crippen MR) is 149 cm³/mol. The van der Waals surface area contributed by atoms with Crippen molar-refractivity contribution < 1.29 is 9.18 Å². The van der Waals surface area contributed by atoms with Crippen molar-refractivity contribution in [3.05, 3.63) is 81.3 Å². The normalized spacial score (nSPS) is 18.1. The Morgan fingerprint density at radius 1 is 1.03 bits per heavy atom. The number of aromatic amines is 1. The third-order valence-electron chi connectivity index (χ3n) is 8.38. The lowest BCUT2D eigenvalue weighted by atomic mass is 9.98. The number of nitrogens with one attached hydrogen (secondary N) is 1. The average molecular weight is 526 g/mol. The van der Waals surface area contributed by atoms with Crippen LogP contribution in [0.5, 0.6) is 0 Å². The van der Waals surface area contributed by atoms with Crippen molar-refractivity contribution in [3.63, 3.8) is 0 Å². The molecule has 200 valence electrons. The highest BCUT2D eigenvalue weighted by Crippen LogP contribution is 2.44. The van der Waals surface area contributed by atoms with E-state index in [1.54, 1.807) is 10.6 Å². The number of nitrogens with zero attached hydrogens (tertiary/aromatic N) is 3. The number of carbonyl (C=O) groups is 1. The van der Waals surface area contributed by atoms with Crippen LogP contribution in [0.1, 0.15) is 84.1 Å². The number of aromatic nitrogens is 3. The van der Waals surface area contributed by atoms with Crippen LogP contribution in [0, 0.1) is 5.82 Å². The first-order valence-corrected chi connectivity index (χ1v) is 14.1. The average Bonchev–Trinajstić information content (AvgIpc) is 3.87. The summed E-state index contributed by atoms with van der Waals surface area (Å²) >= 11 is 0. The minimum absolute atomic E-state index is 0.113. The Hall–Kier alpha value is -3.78. The maximum absolute atomic E-state index is 14.0. The van der Waals surface area contributed by atoms with Gasteiger partial charge in [0, 0.05) is 41.0 Å². The van der Waals surface area contributed by atoms with Crippen LogP contribution in [0.2, 0.25) is 0 Å². The fraction of sp³-hybridized carbons (Fsp3) is 0.387. The van der Waals surface area contributed by atoms with E-state index in [0.29, 0.717) is 34.3 Å². The highest BCUT2D eigenvalue weighted by atomic mass is 19.1. The summed E-state index contributed by atoms with van der Waals surface area (Å²) in [5.41, 5.74) is 10.6. The third kappa shape index (κ3) is 4.67. The molecular weight excluding hydrogens is 493 g/mol. The highest BCUT2D eigenvalue weighted by Gasteiger charge is 2.30. The minimum atomic E-state index is -0.696. The number of likely N-dealkylation sites (tertiary alicyclic amines) is 1. The molecular formula is C31H32FN5O2. The second kappa shape index (κ2) is 9.45. The molecule has 7 nitrogen and oxygen atoms in total. The van der Waals surface area contributed by atoms with Crippen LogP contribution in [0.25, 0.3) is 27.8 Å². The zero-order valence-electron chi connectivity index (χ0n) is 21.9.